The number of hydrogen-bond donors (Lipinski definition) is 2. The Kier molecular flexibility index (Phi) is 6.09. The number of pyridine rings is 1. The Bertz CT molecular complexity index is 1520. The van der Waals surface area contributed by atoms with Gasteiger partial charge in [-0.15, -0.1) is 0 Å². The van der Waals surface area contributed by atoms with Gasteiger partial charge in [-0.05, 0) is 60.2 Å². The number of aromatic nitrogens is 3. The van der Waals surface area contributed by atoms with Gasteiger partial charge in [0.25, 0.3) is 5.56 Å². The molecule has 0 saturated carbocycles. The van der Waals surface area contributed by atoms with Crippen LogP contribution < -0.4 is 16.2 Å². The maximum Gasteiger partial charge on any atom is 0.278 e. The first-order valence-corrected chi connectivity index (χ1v) is 11.2. The molecule has 0 radical (unpaired) electrons. The first-order valence-electron chi connectivity index (χ1n) is 10.8. The predicted molar refractivity (Wildman–Crippen MR) is 141 cm³/mol. The van der Waals surface area contributed by atoms with Gasteiger partial charge in [0.2, 0.25) is 0 Å². The van der Waals surface area contributed by atoms with Crippen molar-refractivity contribution in [1.82, 2.24) is 14.5 Å². The Morgan fingerprint density at radius 2 is 1.53 bits per heavy atom. The summed E-state index contributed by atoms with van der Waals surface area (Å²) in [6.45, 7) is 0. The van der Waals surface area contributed by atoms with E-state index >= 15 is 0 Å². The number of nitrogens with zero attached hydrogens (tertiary/aromatic N) is 3. The van der Waals surface area contributed by atoms with Gasteiger partial charge in [-0.2, -0.15) is 0 Å². The zero-order chi connectivity index (χ0) is 23.3. The van der Waals surface area contributed by atoms with Crippen LogP contribution in [0, 0.1) is 0 Å². The van der Waals surface area contributed by atoms with Crippen LogP contribution in [0.25, 0.3) is 16.9 Å². The Hall–Kier alpha value is -4.36. The van der Waals surface area contributed by atoms with Gasteiger partial charge in [0.1, 0.15) is 11.2 Å². The molecule has 5 aromatic rings. The van der Waals surface area contributed by atoms with Gasteiger partial charge in [-0.25, -0.2) is 9.97 Å². The highest BCUT2D eigenvalue weighted by molar-refractivity contribution is 7.80. The predicted octanol–water partition coefficient (Wildman–Crippen LogP) is 5.18. The van der Waals surface area contributed by atoms with E-state index in [0.717, 1.165) is 16.9 Å². The third-order valence-corrected chi connectivity index (χ3v) is 5.50. The average Bonchev–Trinajstić information content (AvgIpc) is 2.86. The van der Waals surface area contributed by atoms with Gasteiger partial charge in [-0.1, -0.05) is 54.6 Å². The molecule has 0 amide bonds. The minimum absolute atomic E-state index is 0.197. The lowest BCUT2D eigenvalue weighted by atomic mass is 10.1. The van der Waals surface area contributed by atoms with Crippen LogP contribution in [-0.4, -0.2) is 19.6 Å². The highest BCUT2D eigenvalue weighted by Gasteiger charge is 2.14. The zero-order valence-corrected chi connectivity index (χ0v) is 19.0. The van der Waals surface area contributed by atoms with Crippen molar-refractivity contribution in [2.24, 2.45) is 0 Å². The van der Waals surface area contributed by atoms with Crippen molar-refractivity contribution in [3.05, 3.63) is 125 Å². The molecule has 2 heterocycles. The fourth-order valence-electron chi connectivity index (χ4n) is 3.75. The van der Waals surface area contributed by atoms with Crippen molar-refractivity contribution in [2.75, 3.05) is 10.6 Å². The number of nitrogens with one attached hydrogen (secondary N) is 2. The van der Waals surface area contributed by atoms with E-state index in [0.29, 0.717) is 34.1 Å². The molecule has 34 heavy (non-hydrogen) atoms. The fraction of sp³-hybridized carbons (Fsp3) is 0.0370. The summed E-state index contributed by atoms with van der Waals surface area (Å²) in [6.07, 6.45) is 2.10. The van der Waals surface area contributed by atoms with Crippen LogP contribution in [0.1, 0.15) is 11.3 Å². The topological polar surface area (TPSA) is 71.8 Å². The third kappa shape index (κ3) is 4.69. The van der Waals surface area contributed by atoms with Crippen LogP contribution >= 0.6 is 12.2 Å². The largest absolute Gasteiger partial charge is 0.332 e. The molecule has 0 aliphatic rings. The van der Waals surface area contributed by atoms with Crippen LogP contribution in [0.4, 0.5) is 11.4 Å². The van der Waals surface area contributed by atoms with E-state index in [2.05, 4.69) is 20.6 Å². The molecule has 0 aliphatic heterocycles. The molecule has 7 heteroatoms. The van der Waals surface area contributed by atoms with Crippen LogP contribution in [-0.2, 0) is 6.42 Å². The summed E-state index contributed by atoms with van der Waals surface area (Å²) >= 11 is 5.46. The van der Waals surface area contributed by atoms with E-state index in [4.69, 9.17) is 12.2 Å². The lowest BCUT2D eigenvalue weighted by molar-refractivity contribution is 0.928. The molecule has 0 atom stereocenters. The van der Waals surface area contributed by atoms with E-state index in [-0.39, 0.29) is 5.56 Å². The van der Waals surface area contributed by atoms with Crippen molar-refractivity contribution < 1.29 is 0 Å². The minimum Gasteiger partial charge on any atom is -0.332 e. The summed E-state index contributed by atoms with van der Waals surface area (Å²) in [5.74, 6) is 0. The van der Waals surface area contributed by atoms with Gasteiger partial charge >= 0.3 is 0 Å². The van der Waals surface area contributed by atoms with Crippen molar-refractivity contribution >= 4 is 39.9 Å². The molecule has 6 nitrogen and oxygen atoms in total. The Morgan fingerprint density at radius 1 is 0.824 bits per heavy atom. The van der Waals surface area contributed by atoms with E-state index in [9.17, 15) is 4.79 Å². The second kappa shape index (κ2) is 9.64. The molecule has 0 unspecified atom stereocenters. The molecule has 166 valence electrons. The van der Waals surface area contributed by atoms with Crippen molar-refractivity contribution in [3.8, 4) is 5.69 Å². The average molecular weight is 464 g/mol. The second-order valence-corrected chi connectivity index (χ2v) is 8.11. The smallest absolute Gasteiger partial charge is 0.278 e. The third-order valence-electron chi connectivity index (χ3n) is 5.29. The summed E-state index contributed by atoms with van der Waals surface area (Å²) in [4.78, 5) is 22.7. The molecule has 3 aromatic carbocycles. The maximum absolute atomic E-state index is 13.6. The molecule has 2 aromatic heterocycles. The van der Waals surface area contributed by atoms with Crippen LogP contribution in [0.2, 0.25) is 0 Å². The minimum atomic E-state index is -0.197. The number of hydrogen-bond acceptors (Lipinski definition) is 4. The Morgan fingerprint density at radius 3 is 2.32 bits per heavy atom. The van der Waals surface area contributed by atoms with Gasteiger partial charge in [0.15, 0.2) is 10.8 Å². The molecule has 0 fully saturated rings. The summed E-state index contributed by atoms with van der Waals surface area (Å²) < 4.78 is 1.61. The lowest BCUT2D eigenvalue weighted by Crippen LogP contribution is -2.25. The Labute approximate surface area is 202 Å². The summed E-state index contributed by atoms with van der Waals surface area (Å²) in [5, 5.41) is 6.80. The van der Waals surface area contributed by atoms with Gasteiger partial charge in [0, 0.05) is 24.0 Å². The molecular weight excluding hydrogens is 442 g/mol. The highest BCUT2D eigenvalue weighted by Crippen LogP contribution is 2.19. The van der Waals surface area contributed by atoms with Crippen LogP contribution in [0.5, 0.6) is 0 Å². The van der Waals surface area contributed by atoms with Crippen molar-refractivity contribution in [1.29, 1.82) is 0 Å². The molecule has 0 bridgehead atoms. The number of thiocarbonyl (C=S) groups is 1. The number of fused-ring (bicyclic) bond motifs is 1. The maximum atomic E-state index is 13.6. The number of para-hydroxylation sites is 1. The molecule has 5 rings (SSSR count). The quantitative estimate of drug-likeness (QED) is 0.350. The molecule has 0 saturated heterocycles. The lowest BCUT2D eigenvalue weighted by Gasteiger charge is -2.14. The molecule has 2 N–H and O–H groups in total. The second-order valence-electron chi connectivity index (χ2n) is 7.70. The SMILES string of the molecule is O=c1c(Cc2ccccc2)nc2cccnc2n1-c1cccc(NC(=S)Nc2ccccc2)c1. The van der Waals surface area contributed by atoms with Crippen LogP contribution in [0.3, 0.4) is 0 Å². The Balaban J connectivity index is 1.52. The standard InChI is InChI=1S/C27H21N5OS/c33-26-24(17-19-9-3-1-4-10-19)31-23-15-8-16-28-25(23)32(26)22-14-7-13-21(18-22)30-27(34)29-20-11-5-2-6-12-20/h1-16,18H,17H2,(H2,29,30,34). The number of anilines is 2. The van der Waals surface area contributed by atoms with E-state index in [1.54, 1.807) is 10.8 Å². The first kappa shape index (κ1) is 21.5. The van der Waals surface area contributed by atoms with E-state index < -0.39 is 0 Å². The fourth-order valence-corrected chi connectivity index (χ4v) is 3.98. The number of rotatable bonds is 5. The monoisotopic (exact) mass is 463 g/mol. The summed E-state index contributed by atoms with van der Waals surface area (Å²) in [7, 11) is 0. The van der Waals surface area contributed by atoms with Gasteiger partial charge in [-0.3, -0.25) is 9.36 Å². The molecule has 0 spiro atoms. The summed E-state index contributed by atoms with van der Waals surface area (Å²) in [6, 6.07) is 30.8. The van der Waals surface area contributed by atoms with Crippen molar-refractivity contribution in [3.63, 3.8) is 0 Å². The highest BCUT2D eigenvalue weighted by atomic mass is 32.1. The van der Waals surface area contributed by atoms with E-state index in [1.165, 1.54) is 0 Å². The first-order chi connectivity index (χ1) is 16.7. The van der Waals surface area contributed by atoms with E-state index in [1.807, 2.05) is 97.1 Å². The molecular formula is C27H21N5OS. The number of benzene rings is 3. The van der Waals surface area contributed by atoms with Gasteiger partial charge in [0.05, 0.1) is 5.69 Å². The normalized spacial score (nSPS) is 10.7. The zero-order valence-electron chi connectivity index (χ0n) is 18.2. The summed E-state index contributed by atoms with van der Waals surface area (Å²) in [5.41, 5.74) is 4.78. The van der Waals surface area contributed by atoms with Crippen LogP contribution in [0.15, 0.2) is 108 Å². The molecule has 0 aliphatic carbocycles. The van der Waals surface area contributed by atoms with Gasteiger partial charge < -0.3 is 10.6 Å². The van der Waals surface area contributed by atoms with Crippen molar-refractivity contribution in [2.45, 2.75) is 6.42 Å².